The molecule has 0 spiro atoms. The van der Waals surface area contributed by atoms with Crippen molar-refractivity contribution in [1.29, 1.82) is 0 Å². The highest BCUT2D eigenvalue weighted by atomic mass is 127. The first-order chi connectivity index (χ1) is 5.38. The van der Waals surface area contributed by atoms with Crippen molar-refractivity contribution in [2.24, 2.45) is 0 Å². The second kappa shape index (κ2) is 2.89. The van der Waals surface area contributed by atoms with E-state index >= 15 is 0 Å². The number of nitrogens with one attached hydrogen (secondary N) is 1. The van der Waals surface area contributed by atoms with Gasteiger partial charge in [0.2, 0.25) is 0 Å². The van der Waals surface area contributed by atoms with Gasteiger partial charge in [-0.05, 0) is 34.7 Å². The number of hydrogen-bond acceptors (Lipinski definition) is 2. The Morgan fingerprint density at radius 3 is 3.18 bits per heavy atom. The smallest absolute Gasteiger partial charge is 0.155 e. The Labute approximate surface area is 79.1 Å². The summed E-state index contributed by atoms with van der Waals surface area (Å²) in [4.78, 5) is 0. The van der Waals surface area contributed by atoms with Crippen molar-refractivity contribution in [3.8, 4) is 5.75 Å². The molecule has 0 atom stereocenters. The van der Waals surface area contributed by atoms with E-state index in [4.69, 9.17) is 4.74 Å². The van der Waals surface area contributed by atoms with E-state index < -0.39 is 0 Å². The van der Waals surface area contributed by atoms with E-state index in [0.717, 1.165) is 24.6 Å². The SMILES string of the molecule is Ic1cccc2c1OCCN2. The van der Waals surface area contributed by atoms with Crippen LogP contribution < -0.4 is 10.1 Å². The van der Waals surface area contributed by atoms with Crippen LogP contribution >= 0.6 is 22.6 Å². The summed E-state index contributed by atoms with van der Waals surface area (Å²) in [5.41, 5.74) is 1.11. The average molecular weight is 261 g/mol. The van der Waals surface area contributed by atoms with Gasteiger partial charge in [-0.2, -0.15) is 0 Å². The van der Waals surface area contributed by atoms with Crippen molar-refractivity contribution in [2.75, 3.05) is 18.5 Å². The van der Waals surface area contributed by atoms with Crippen LogP contribution in [0.2, 0.25) is 0 Å². The quantitative estimate of drug-likeness (QED) is 0.722. The zero-order chi connectivity index (χ0) is 7.68. The molecule has 0 radical (unpaired) electrons. The molecule has 0 fully saturated rings. The molecular weight excluding hydrogens is 253 g/mol. The number of ether oxygens (including phenoxy) is 1. The number of fused-ring (bicyclic) bond motifs is 1. The van der Waals surface area contributed by atoms with Crippen LogP contribution in [0.25, 0.3) is 0 Å². The van der Waals surface area contributed by atoms with Crippen LogP contribution in [0.1, 0.15) is 0 Å². The van der Waals surface area contributed by atoms with Crippen LogP contribution in [0.5, 0.6) is 5.75 Å². The molecule has 0 unspecified atom stereocenters. The summed E-state index contributed by atoms with van der Waals surface area (Å²) in [7, 11) is 0. The topological polar surface area (TPSA) is 21.3 Å². The average Bonchev–Trinajstić information content (AvgIpc) is 2.06. The predicted molar refractivity (Wildman–Crippen MR) is 53.1 cm³/mol. The second-order valence-electron chi connectivity index (χ2n) is 2.39. The molecule has 0 aliphatic carbocycles. The zero-order valence-electron chi connectivity index (χ0n) is 5.93. The minimum Gasteiger partial charge on any atom is -0.488 e. The van der Waals surface area contributed by atoms with Crippen LogP contribution in [-0.4, -0.2) is 13.2 Å². The normalized spacial score (nSPS) is 14.6. The van der Waals surface area contributed by atoms with E-state index in [1.807, 2.05) is 18.2 Å². The predicted octanol–water partition coefficient (Wildman–Crippen LogP) is 2.10. The van der Waals surface area contributed by atoms with Gasteiger partial charge in [-0.3, -0.25) is 0 Å². The Balaban J connectivity index is 2.49. The lowest BCUT2D eigenvalue weighted by Gasteiger charge is -2.19. The molecular formula is C8H8INO. The summed E-state index contributed by atoms with van der Waals surface area (Å²) >= 11 is 2.28. The van der Waals surface area contributed by atoms with E-state index in [9.17, 15) is 0 Å². The van der Waals surface area contributed by atoms with Crippen LogP contribution in [0.3, 0.4) is 0 Å². The minimum atomic E-state index is 0.771. The van der Waals surface area contributed by atoms with Gasteiger partial charge in [0.05, 0.1) is 9.26 Å². The summed E-state index contributed by atoms with van der Waals surface area (Å²) in [5.74, 6) is 0.999. The highest BCUT2D eigenvalue weighted by Gasteiger charge is 2.10. The van der Waals surface area contributed by atoms with Crippen molar-refractivity contribution < 1.29 is 4.74 Å². The lowest BCUT2D eigenvalue weighted by molar-refractivity contribution is 0.321. The fourth-order valence-corrected chi connectivity index (χ4v) is 1.79. The molecule has 11 heavy (non-hydrogen) atoms. The summed E-state index contributed by atoms with van der Waals surface area (Å²) < 4.78 is 6.66. The Morgan fingerprint density at radius 1 is 1.45 bits per heavy atom. The standard InChI is InChI=1S/C8H8INO/c9-6-2-1-3-7-8(6)11-5-4-10-7/h1-3,10H,4-5H2. The molecule has 1 aromatic carbocycles. The van der Waals surface area contributed by atoms with Gasteiger partial charge in [0.25, 0.3) is 0 Å². The van der Waals surface area contributed by atoms with E-state index in [1.54, 1.807) is 0 Å². The lowest BCUT2D eigenvalue weighted by Crippen LogP contribution is -2.18. The number of anilines is 1. The molecule has 1 aliphatic rings. The van der Waals surface area contributed by atoms with Gasteiger partial charge in [0, 0.05) is 6.54 Å². The largest absolute Gasteiger partial charge is 0.488 e. The van der Waals surface area contributed by atoms with E-state index in [0.29, 0.717) is 0 Å². The first-order valence-corrected chi connectivity index (χ1v) is 4.61. The van der Waals surface area contributed by atoms with Crippen molar-refractivity contribution in [3.05, 3.63) is 21.8 Å². The number of hydrogen-bond donors (Lipinski definition) is 1. The van der Waals surface area contributed by atoms with Crippen LogP contribution in [0.4, 0.5) is 5.69 Å². The molecule has 0 saturated carbocycles. The maximum Gasteiger partial charge on any atom is 0.155 e. The molecule has 0 aromatic heterocycles. The third-order valence-electron chi connectivity index (χ3n) is 1.63. The van der Waals surface area contributed by atoms with Gasteiger partial charge < -0.3 is 10.1 Å². The minimum absolute atomic E-state index is 0.771. The van der Waals surface area contributed by atoms with Gasteiger partial charge in [-0.25, -0.2) is 0 Å². The van der Waals surface area contributed by atoms with Gasteiger partial charge >= 0.3 is 0 Å². The van der Waals surface area contributed by atoms with Crippen molar-refractivity contribution in [2.45, 2.75) is 0 Å². The van der Waals surface area contributed by atoms with Crippen molar-refractivity contribution in [3.63, 3.8) is 0 Å². The fraction of sp³-hybridized carbons (Fsp3) is 0.250. The Hall–Kier alpha value is -0.450. The van der Waals surface area contributed by atoms with Crippen LogP contribution in [0.15, 0.2) is 18.2 Å². The molecule has 58 valence electrons. The van der Waals surface area contributed by atoms with Gasteiger partial charge in [-0.1, -0.05) is 6.07 Å². The molecule has 1 aromatic rings. The molecule has 0 bridgehead atoms. The Morgan fingerprint density at radius 2 is 2.36 bits per heavy atom. The molecule has 1 heterocycles. The lowest BCUT2D eigenvalue weighted by atomic mass is 10.2. The molecule has 1 aliphatic heterocycles. The Kier molecular flexibility index (Phi) is 1.89. The third-order valence-corrected chi connectivity index (χ3v) is 2.48. The third kappa shape index (κ3) is 1.29. The van der Waals surface area contributed by atoms with Crippen LogP contribution in [-0.2, 0) is 0 Å². The summed E-state index contributed by atoms with van der Waals surface area (Å²) in [6, 6.07) is 6.12. The number of halogens is 1. The maximum absolute atomic E-state index is 5.48. The number of para-hydroxylation sites is 1. The maximum atomic E-state index is 5.48. The highest BCUT2D eigenvalue weighted by molar-refractivity contribution is 14.1. The molecule has 2 nitrogen and oxygen atoms in total. The molecule has 3 heteroatoms. The molecule has 0 amide bonds. The second-order valence-corrected chi connectivity index (χ2v) is 3.55. The first kappa shape index (κ1) is 7.21. The van der Waals surface area contributed by atoms with E-state index in [-0.39, 0.29) is 0 Å². The first-order valence-electron chi connectivity index (χ1n) is 3.53. The fourth-order valence-electron chi connectivity index (χ4n) is 1.13. The van der Waals surface area contributed by atoms with Crippen molar-refractivity contribution in [1.82, 2.24) is 0 Å². The summed E-state index contributed by atoms with van der Waals surface area (Å²) in [5, 5.41) is 3.27. The van der Waals surface area contributed by atoms with Crippen molar-refractivity contribution >= 4 is 28.3 Å². The van der Waals surface area contributed by atoms with Gasteiger partial charge in [0.1, 0.15) is 6.61 Å². The van der Waals surface area contributed by atoms with E-state index in [2.05, 4.69) is 27.9 Å². The number of rotatable bonds is 0. The Bertz CT molecular complexity index is 275. The van der Waals surface area contributed by atoms with Gasteiger partial charge in [0.15, 0.2) is 5.75 Å². The molecule has 1 N–H and O–H groups in total. The van der Waals surface area contributed by atoms with Crippen LogP contribution in [0, 0.1) is 3.57 Å². The monoisotopic (exact) mass is 261 g/mol. The van der Waals surface area contributed by atoms with Gasteiger partial charge in [-0.15, -0.1) is 0 Å². The number of benzene rings is 1. The zero-order valence-corrected chi connectivity index (χ0v) is 8.09. The summed E-state index contributed by atoms with van der Waals surface area (Å²) in [6.07, 6.45) is 0. The molecule has 2 rings (SSSR count). The molecule has 0 saturated heterocycles. The highest BCUT2D eigenvalue weighted by Crippen LogP contribution is 2.31. The summed E-state index contributed by atoms with van der Waals surface area (Å²) in [6.45, 7) is 1.68. The van der Waals surface area contributed by atoms with E-state index in [1.165, 1.54) is 3.57 Å².